The van der Waals surface area contributed by atoms with Gasteiger partial charge in [-0.05, 0) is 36.4 Å². The minimum Gasteiger partial charge on any atom is -0.497 e. The summed E-state index contributed by atoms with van der Waals surface area (Å²) < 4.78 is 15.2. The fourth-order valence-corrected chi connectivity index (χ4v) is 2.14. The van der Waals surface area contributed by atoms with Crippen molar-refractivity contribution < 1.29 is 28.6 Å². The summed E-state index contributed by atoms with van der Waals surface area (Å²) in [6.07, 6.45) is 2.64. The Morgan fingerprint density at radius 2 is 1.71 bits per heavy atom. The lowest BCUT2D eigenvalue weighted by molar-refractivity contribution is -0.144. The van der Waals surface area contributed by atoms with Gasteiger partial charge in [0.15, 0.2) is 6.61 Å². The van der Waals surface area contributed by atoms with Gasteiger partial charge in [-0.1, -0.05) is 18.2 Å². The fourth-order valence-electron chi connectivity index (χ4n) is 2.14. The van der Waals surface area contributed by atoms with Crippen LogP contribution in [0.4, 0.5) is 0 Å². The summed E-state index contributed by atoms with van der Waals surface area (Å²) in [6.45, 7) is -0.548. The molecule has 0 bridgehead atoms. The first-order valence-electron chi connectivity index (χ1n) is 8.24. The molecule has 2 amide bonds. The Labute approximate surface area is 162 Å². The summed E-state index contributed by atoms with van der Waals surface area (Å²) in [5.41, 5.74) is 5.39. The first-order chi connectivity index (χ1) is 13.5. The van der Waals surface area contributed by atoms with E-state index in [4.69, 9.17) is 14.2 Å². The summed E-state index contributed by atoms with van der Waals surface area (Å²) in [7, 11) is 3.03. The standard InChI is InChI=1S/C20H20N2O6/c1-26-16-9-10-17(27-2)15(12-16)8-11-19(24)28-13-18(23)21-22-20(25)14-6-4-3-5-7-14/h3-12H,13H2,1-2H3,(H,21,23)(H,22,25)/b11-8+. The van der Waals surface area contributed by atoms with Crippen molar-refractivity contribution >= 4 is 23.9 Å². The molecule has 0 aliphatic rings. The number of carbonyl (C=O) groups is 3. The van der Waals surface area contributed by atoms with E-state index in [2.05, 4.69) is 10.9 Å². The molecule has 2 rings (SSSR count). The predicted molar refractivity (Wildman–Crippen MR) is 102 cm³/mol. The third-order valence-corrected chi connectivity index (χ3v) is 3.53. The second-order valence-electron chi connectivity index (χ2n) is 5.42. The molecule has 0 atom stereocenters. The van der Waals surface area contributed by atoms with Gasteiger partial charge in [-0.25, -0.2) is 4.79 Å². The molecule has 8 nitrogen and oxygen atoms in total. The molecule has 0 saturated carbocycles. The number of esters is 1. The van der Waals surface area contributed by atoms with Crippen LogP contribution in [0.3, 0.4) is 0 Å². The lowest BCUT2D eigenvalue weighted by Gasteiger charge is -2.08. The largest absolute Gasteiger partial charge is 0.497 e. The van der Waals surface area contributed by atoms with Gasteiger partial charge in [-0.3, -0.25) is 20.4 Å². The normalized spacial score (nSPS) is 10.2. The molecule has 0 aromatic heterocycles. The molecule has 2 aromatic carbocycles. The molecular weight excluding hydrogens is 364 g/mol. The lowest BCUT2D eigenvalue weighted by Crippen LogP contribution is -2.43. The summed E-state index contributed by atoms with van der Waals surface area (Å²) in [5.74, 6) is -0.738. The molecule has 0 radical (unpaired) electrons. The summed E-state index contributed by atoms with van der Waals surface area (Å²) in [5, 5.41) is 0. The van der Waals surface area contributed by atoms with Gasteiger partial charge in [0, 0.05) is 17.2 Å². The first kappa shape index (κ1) is 20.5. The van der Waals surface area contributed by atoms with E-state index >= 15 is 0 Å². The summed E-state index contributed by atoms with van der Waals surface area (Å²) >= 11 is 0. The highest BCUT2D eigenvalue weighted by Gasteiger charge is 2.09. The first-order valence-corrected chi connectivity index (χ1v) is 8.24. The third kappa shape index (κ3) is 6.17. The molecule has 2 aromatic rings. The number of benzene rings is 2. The zero-order valence-corrected chi connectivity index (χ0v) is 15.4. The number of methoxy groups -OCH3 is 2. The zero-order chi connectivity index (χ0) is 20.4. The molecule has 28 heavy (non-hydrogen) atoms. The second-order valence-corrected chi connectivity index (χ2v) is 5.42. The maximum Gasteiger partial charge on any atom is 0.331 e. The molecule has 0 fully saturated rings. The SMILES string of the molecule is COc1ccc(OC)c(/C=C/C(=O)OCC(=O)NNC(=O)c2ccccc2)c1. The van der Waals surface area contributed by atoms with Crippen LogP contribution < -0.4 is 20.3 Å². The number of rotatable bonds is 7. The van der Waals surface area contributed by atoms with E-state index in [9.17, 15) is 14.4 Å². The molecular formula is C20H20N2O6. The highest BCUT2D eigenvalue weighted by atomic mass is 16.5. The van der Waals surface area contributed by atoms with Crippen molar-refractivity contribution in [2.24, 2.45) is 0 Å². The smallest absolute Gasteiger partial charge is 0.331 e. The van der Waals surface area contributed by atoms with Gasteiger partial charge in [0.05, 0.1) is 14.2 Å². The van der Waals surface area contributed by atoms with Crippen molar-refractivity contribution in [1.29, 1.82) is 0 Å². The number of carbonyl (C=O) groups excluding carboxylic acids is 3. The van der Waals surface area contributed by atoms with Gasteiger partial charge >= 0.3 is 5.97 Å². The van der Waals surface area contributed by atoms with Crippen LogP contribution in [0, 0.1) is 0 Å². The van der Waals surface area contributed by atoms with E-state index in [1.807, 2.05) is 0 Å². The van der Waals surface area contributed by atoms with Crippen molar-refractivity contribution in [3.05, 3.63) is 65.7 Å². The average molecular weight is 384 g/mol. The minimum absolute atomic E-state index is 0.384. The monoisotopic (exact) mass is 384 g/mol. The van der Waals surface area contributed by atoms with E-state index in [0.29, 0.717) is 22.6 Å². The second kappa shape index (κ2) is 10.4. The van der Waals surface area contributed by atoms with E-state index in [1.54, 1.807) is 48.5 Å². The van der Waals surface area contributed by atoms with Gasteiger partial charge in [0.1, 0.15) is 11.5 Å². The van der Waals surface area contributed by atoms with Crippen molar-refractivity contribution in [2.75, 3.05) is 20.8 Å². The van der Waals surface area contributed by atoms with Crippen LogP contribution in [0.2, 0.25) is 0 Å². The Hall–Kier alpha value is -3.81. The molecule has 0 unspecified atom stereocenters. The molecule has 146 valence electrons. The molecule has 2 N–H and O–H groups in total. The van der Waals surface area contributed by atoms with Gasteiger partial charge in [0.25, 0.3) is 11.8 Å². The van der Waals surface area contributed by atoms with Gasteiger partial charge in [0.2, 0.25) is 0 Å². The molecule has 0 spiro atoms. The number of hydrogen-bond acceptors (Lipinski definition) is 6. The van der Waals surface area contributed by atoms with Crippen LogP contribution in [0.15, 0.2) is 54.6 Å². The highest BCUT2D eigenvalue weighted by Crippen LogP contribution is 2.25. The van der Waals surface area contributed by atoms with Crippen LogP contribution in [-0.2, 0) is 14.3 Å². The van der Waals surface area contributed by atoms with Gasteiger partial charge in [-0.2, -0.15) is 0 Å². The molecule has 0 heterocycles. The van der Waals surface area contributed by atoms with E-state index in [1.165, 1.54) is 20.3 Å². The molecule has 0 aliphatic heterocycles. The molecule has 0 saturated heterocycles. The van der Waals surface area contributed by atoms with Crippen LogP contribution in [-0.4, -0.2) is 38.6 Å². The van der Waals surface area contributed by atoms with Crippen LogP contribution >= 0.6 is 0 Å². The Morgan fingerprint density at radius 1 is 0.964 bits per heavy atom. The van der Waals surface area contributed by atoms with E-state index in [0.717, 1.165) is 6.08 Å². The van der Waals surface area contributed by atoms with Crippen molar-refractivity contribution in [1.82, 2.24) is 10.9 Å². The number of amides is 2. The van der Waals surface area contributed by atoms with Gasteiger partial charge in [-0.15, -0.1) is 0 Å². The highest BCUT2D eigenvalue weighted by molar-refractivity contribution is 5.95. The number of hydrogen-bond donors (Lipinski definition) is 2. The lowest BCUT2D eigenvalue weighted by atomic mass is 10.1. The molecule has 8 heteroatoms. The van der Waals surface area contributed by atoms with E-state index < -0.39 is 24.4 Å². The zero-order valence-electron chi connectivity index (χ0n) is 15.4. The Bertz CT molecular complexity index is 864. The summed E-state index contributed by atoms with van der Waals surface area (Å²) in [6, 6.07) is 13.5. The van der Waals surface area contributed by atoms with Crippen LogP contribution in [0.5, 0.6) is 11.5 Å². The average Bonchev–Trinajstić information content (AvgIpc) is 2.74. The fraction of sp³-hybridized carbons (Fsp3) is 0.150. The Kier molecular flexibility index (Phi) is 7.59. The number of nitrogens with one attached hydrogen (secondary N) is 2. The maximum atomic E-state index is 11.8. The Balaban J connectivity index is 1.81. The van der Waals surface area contributed by atoms with Crippen molar-refractivity contribution in [3.63, 3.8) is 0 Å². The van der Waals surface area contributed by atoms with Crippen LogP contribution in [0.25, 0.3) is 6.08 Å². The van der Waals surface area contributed by atoms with Crippen LogP contribution in [0.1, 0.15) is 15.9 Å². The minimum atomic E-state index is -0.727. The van der Waals surface area contributed by atoms with Crippen molar-refractivity contribution in [2.45, 2.75) is 0 Å². The quantitative estimate of drug-likeness (QED) is 0.428. The topological polar surface area (TPSA) is 103 Å². The maximum absolute atomic E-state index is 11.8. The number of hydrazine groups is 1. The molecule has 0 aliphatic carbocycles. The third-order valence-electron chi connectivity index (χ3n) is 3.53. The van der Waals surface area contributed by atoms with Gasteiger partial charge < -0.3 is 14.2 Å². The predicted octanol–water partition coefficient (Wildman–Crippen LogP) is 1.72. The Morgan fingerprint density at radius 3 is 2.39 bits per heavy atom. The number of ether oxygens (including phenoxy) is 3. The van der Waals surface area contributed by atoms with Crippen molar-refractivity contribution in [3.8, 4) is 11.5 Å². The summed E-state index contributed by atoms with van der Waals surface area (Å²) in [4.78, 5) is 35.3. The van der Waals surface area contributed by atoms with E-state index in [-0.39, 0.29) is 0 Å².